The van der Waals surface area contributed by atoms with Gasteiger partial charge in [0, 0.05) is 6.61 Å². The van der Waals surface area contributed by atoms with Crippen LogP contribution in [0.25, 0.3) is 0 Å². The van der Waals surface area contributed by atoms with Gasteiger partial charge in [-0.1, -0.05) is 12.1 Å². The van der Waals surface area contributed by atoms with Gasteiger partial charge in [0.05, 0.1) is 12.7 Å². The molecule has 1 atom stereocenters. The second-order valence-corrected chi connectivity index (χ2v) is 3.39. The van der Waals surface area contributed by atoms with E-state index < -0.39 is 6.10 Å². The Labute approximate surface area is 90.3 Å². The molecule has 1 aromatic carbocycles. The topological polar surface area (TPSA) is 49.7 Å². The van der Waals surface area contributed by atoms with Crippen molar-refractivity contribution >= 4 is 0 Å². The summed E-state index contributed by atoms with van der Waals surface area (Å²) in [5, 5.41) is 18.4. The predicted molar refractivity (Wildman–Crippen MR) is 58.9 cm³/mol. The largest absolute Gasteiger partial charge is 0.494 e. The van der Waals surface area contributed by atoms with E-state index in [0.29, 0.717) is 19.4 Å². The van der Waals surface area contributed by atoms with Crippen LogP contribution in [0.4, 0.5) is 0 Å². The van der Waals surface area contributed by atoms with Crippen LogP contribution in [0.1, 0.15) is 31.4 Å². The zero-order valence-electron chi connectivity index (χ0n) is 9.02. The Morgan fingerprint density at radius 2 is 2.20 bits per heavy atom. The summed E-state index contributed by atoms with van der Waals surface area (Å²) in [5.41, 5.74) is 0.842. The fraction of sp³-hybridized carbons (Fsp3) is 0.500. The molecule has 84 valence electrons. The molecule has 1 aromatic rings. The maximum atomic E-state index is 9.78. The molecule has 0 aliphatic heterocycles. The summed E-state index contributed by atoms with van der Waals surface area (Å²) in [5.74, 6) is 0.776. The van der Waals surface area contributed by atoms with Gasteiger partial charge in [-0.2, -0.15) is 0 Å². The van der Waals surface area contributed by atoms with Gasteiger partial charge in [0.1, 0.15) is 5.75 Å². The van der Waals surface area contributed by atoms with E-state index in [9.17, 15) is 5.11 Å². The van der Waals surface area contributed by atoms with E-state index in [1.54, 1.807) is 0 Å². The first-order chi connectivity index (χ1) is 7.27. The number of hydrogen-bond donors (Lipinski definition) is 2. The van der Waals surface area contributed by atoms with Gasteiger partial charge in [-0.3, -0.25) is 0 Å². The van der Waals surface area contributed by atoms with Crippen LogP contribution in [0, 0.1) is 0 Å². The van der Waals surface area contributed by atoms with Crippen molar-refractivity contribution in [3.8, 4) is 5.75 Å². The second kappa shape index (κ2) is 6.43. The summed E-state index contributed by atoms with van der Waals surface area (Å²) < 4.78 is 5.34. The Morgan fingerprint density at radius 1 is 1.40 bits per heavy atom. The highest BCUT2D eigenvalue weighted by molar-refractivity contribution is 5.29. The van der Waals surface area contributed by atoms with Crippen molar-refractivity contribution in [3.63, 3.8) is 0 Å². The molecular weight excluding hydrogens is 192 g/mol. The Balaban J connectivity index is 2.62. The lowest BCUT2D eigenvalue weighted by atomic mass is 10.1. The Hall–Kier alpha value is -1.06. The zero-order valence-corrected chi connectivity index (χ0v) is 9.02. The fourth-order valence-electron chi connectivity index (χ4n) is 1.43. The van der Waals surface area contributed by atoms with Gasteiger partial charge in [0.2, 0.25) is 0 Å². The van der Waals surface area contributed by atoms with Crippen LogP contribution in [-0.2, 0) is 0 Å². The average Bonchev–Trinajstić information content (AvgIpc) is 2.27. The van der Waals surface area contributed by atoms with E-state index in [0.717, 1.165) is 11.3 Å². The molecule has 0 bridgehead atoms. The molecule has 0 radical (unpaired) electrons. The summed E-state index contributed by atoms with van der Waals surface area (Å²) in [7, 11) is 0. The molecule has 15 heavy (non-hydrogen) atoms. The fourth-order valence-corrected chi connectivity index (χ4v) is 1.43. The third-order valence-electron chi connectivity index (χ3n) is 2.19. The van der Waals surface area contributed by atoms with Crippen LogP contribution in [0.15, 0.2) is 24.3 Å². The third-order valence-corrected chi connectivity index (χ3v) is 2.19. The van der Waals surface area contributed by atoms with E-state index in [2.05, 4.69) is 0 Å². The Bertz CT molecular complexity index is 286. The standard InChI is InChI=1S/C12H18O3/c1-2-15-11-6-3-5-10(9-11)12(14)7-4-8-13/h3,5-6,9,12-14H,2,4,7-8H2,1H3. The molecule has 0 aromatic heterocycles. The van der Waals surface area contributed by atoms with Crippen molar-refractivity contribution in [2.75, 3.05) is 13.2 Å². The highest BCUT2D eigenvalue weighted by Gasteiger charge is 2.07. The summed E-state index contributed by atoms with van der Waals surface area (Å²) in [6, 6.07) is 7.43. The van der Waals surface area contributed by atoms with Gasteiger partial charge in [-0.05, 0) is 37.5 Å². The number of rotatable bonds is 6. The highest BCUT2D eigenvalue weighted by Crippen LogP contribution is 2.22. The molecule has 0 heterocycles. The molecule has 0 fully saturated rings. The van der Waals surface area contributed by atoms with Gasteiger partial charge in [-0.25, -0.2) is 0 Å². The Morgan fingerprint density at radius 3 is 2.87 bits per heavy atom. The smallest absolute Gasteiger partial charge is 0.119 e. The number of aliphatic hydroxyl groups excluding tert-OH is 2. The second-order valence-electron chi connectivity index (χ2n) is 3.39. The molecule has 2 N–H and O–H groups in total. The Kier molecular flexibility index (Phi) is 5.15. The van der Waals surface area contributed by atoms with Crippen molar-refractivity contribution in [1.82, 2.24) is 0 Å². The minimum atomic E-state index is -0.516. The summed E-state index contributed by atoms with van der Waals surface area (Å²) in [6.07, 6.45) is 0.670. The van der Waals surface area contributed by atoms with E-state index in [-0.39, 0.29) is 6.61 Å². The van der Waals surface area contributed by atoms with Crippen LogP contribution in [0.3, 0.4) is 0 Å². The van der Waals surface area contributed by atoms with Crippen molar-refractivity contribution in [1.29, 1.82) is 0 Å². The summed E-state index contributed by atoms with van der Waals surface area (Å²) >= 11 is 0. The maximum Gasteiger partial charge on any atom is 0.119 e. The lowest BCUT2D eigenvalue weighted by Gasteiger charge is -2.11. The van der Waals surface area contributed by atoms with E-state index in [1.807, 2.05) is 31.2 Å². The van der Waals surface area contributed by atoms with Crippen molar-refractivity contribution < 1.29 is 14.9 Å². The average molecular weight is 210 g/mol. The lowest BCUT2D eigenvalue weighted by molar-refractivity contribution is 0.151. The molecule has 3 nitrogen and oxygen atoms in total. The maximum absolute atomic E-state index is 9.78. The minimum Gasteiger partial charge on any atom is -0.494 e. The number of hydrogen-bond acceptors (Lipinski definition) is 3. The number of benzene rings is 1. The van der Waals surface area contributed by atoms with Gasteiger partial charge < -0.3 is 14.9 Å². The first-order valence-electron chi connectivity index (χ1n) is 5.29. The molecule has 1 rings (SSSR count). The van der Waals surface area contributed by atoms with Crippen LogP contribution < -0.4 is 4.74 Å². The van der Waals surface area contributed by atoms with Gasteiger partial charge >= 0.3 is 0 Å². The predicted octanol–water partition coefficient (Wildman–Crippen LogP) is 1.89. The van der Waals surface area contributed by atoms with Gasteiger partial charge in [0.25, 0.3) is 0 Å². The number of ether oxygens (including phenoxy) is 1. The van der Waals surface area contributed by atoms with Crippen molar-refractivity contribution in [2.24, 2.45) is 0 Å². The normalized spacial score (nSPS) is 12.5. The van der Waals surface area contributed by atoms with Crippen LogP contribution in [0.2, 0.25) is 0 Å². The van der Waals surface area contributed by atoms with E-state index >= 15 is 0 Å². The minimum absolute atomic E-state index is 0.113. The zero-order chi connectivity index (χ0) is 11.1. The van der Waals surface area contributed by atoms with Crippen LogP contribution >= 0.6 is 0 Å². The highest BCUT2D eigenvalue weighted by atomic mass is 16.5. The monoisotopic (exact) mass is 210 g/mol. The molecule has 0 aliphatic carbocycles. The summed E-state index contributed by atoms with van der Waals surface area (Å²) in [4.78, 5) is 0. The molecule has 1 unspecified atom stereocenters. The van der Waals surface area contributed by atoms with E-state index in [1.165, 1.54) is 0 Å². The summed E-state index contributed by atoms with van der Waals surface area (Å²) in [6.45, 7) is 2.66. The molecule has 0 amide bonds. The molecule has 0 saturated carbocycles. The van der Waals surface area contributed by atoms with Crippen LogP contribution in [0.5, 0.6) is 5.75 Å². The van der Waals surface area contributed by atoms with Crippen molar-refractivity contribution in [3.05, 3.63) is 29.8 Å². The van der Waals surface area contributed by atoms with Crippen LogP contribution in [-0.4, -0.2) is 23.4 Å². The SMILES string of the molecule is CCOc1cccc(C(O)CCCO)c1. The molecular formula is C12H18O3. The lowest BCUT2D eigenvalue weighted by Crippen LogP contribution is -2.00. The molecule has 0 saturated heterocycles. The van der Waals surface area contributed by atoms with Gasteiger partial charge in [0.15, 0.2) is 0 Å². The first-order valence-corrected chi connectivity index (χ1v) is 5.29. The van der Waals surface area contributed by atoms with Gasteiger partial charge in [-0.15, -0.1) is 0 Å². The quantitative estimate of drug-likeness (QED) is 0.753. The first kappa shape index (κ1) is 12.0. The third kappa shape index (κ3) is 3.90. The molecule has 0 spiro atoms. The molecule has 3 heteroatoms. The van der Waals surface area contributed by atoms with Crippen molar-refractivity contribution in [2.45, 2.75) is 25.9 Å². The van der Waals surface area contributed by atoms with E-state index in [4.69, 9.17) is 9.84 Å². The molecule has 0 aliphatic rings. The number of aliphatic hydroxyl groups is 2.